The van der Waals surface area contributed by atoms with Gasteiger partial charge < -0.3 is 10.3 Å². The summed E-state index contributed by atoms with van der Waals surface area (Å²) < 4.78 is 0.992. The molecule has 0 aromatic carbocycles. The highest BCUT2D eigenvalue weighted by atomic mass is 79.9. The summed E-state index contributed by atoms with van der Waals surface area (Å²) in [6.07, 6.45) is 6.19. The van der Waals surface area contributed by atoms with E-state index in [2.05, 4.69) is 42.7 Å². The fourth-order valence-corrected chi connectivity index (χ4v) is 4.13. The minimum Gasteiger partial charge on any atom is -0.345 e. The number of nitrogens with one attached hydrogen (secondary N) is 2. The van der Waals surface area contributed by atoms with Crippen LogP contribution in [0, 0.1) is 0 Å². The lowest BCUT2D eigenvalue weighted by Crippen LogP contribution is -2.26. The maximum Gasteiger partial charge on any atom is 0.138 e. The minimum absolute atomic E-state index is 0.603. The van der Waals surface area contributed by atoms with Crippen molar-refractivity contribution in [2.45, 2.75) is 18.8 Å². The second kappa shape index (κ2) is 5.51. The molecule has 1 fully saturated rings. The van der Waals surface area contributed by atoms with Crippen LogP contribution in [0.5, 0.6) is 0 Å². The summed E-state index contributed by atoms with van der Waals surface area (Å²) >= 11 is 5.22. The zero-order valence-electron chi connectivity index (χ0n) is 11.4. The second-order valence-electron chi connectivity index (χ2n) is 5.35. The lowest BCUT2D eigenvalue weighted by molar-refractivity contribution is 0.455. The number of hydrogen-bond acceptors (Lipinski definition) is 4. The van der Waals surface area contributed by atoms with E-state index in [1.165, 1.54) is 18.5 Å². The molecule has 3 aromatic rings. The molecule has 0 bridgehead atoms. The van der Waals surface area contributed by atoms with Crippen LogP contribution in [0.3, 0.4) is 0 Å². The molecule has 0 saturated carbocycles. The molecule has 0 radical (unpaired) electrons. The second-order valence-corrected chi connectivity index (χ2v) is 7.13. The third kappa shape index (κ3) is 2.52. The number of thiazole rings is 1. The topological polar surface area (TPSA) is 53.6 Å². The average molecular weight is 363 g/mol. The first kappa shape index (κ1) is 13.4. The van der Waals surface area contributed by atoms with Gasteiger partial charge >= 0.3 is 0 Å². The van der Waals surface area contributed by atoms with Crippen molar-refractivity contribution in [3.63, 3.8) is 0 Å². The van der Waals surface area contributed by atoms with Crippen molar-refractivity contribution >= 4 is 38.3 Å². The standard InChI is InChI=1S/C15H15BrN4S/c16-10-5-11-12(7-19-14(11)18-6-10)15-20-13(8-21-15)9-1-3-17-4-2-9/h5-9,17H,1-4H2,(H,18,19). The molecule has 1 aliphatic rings. The molecule has 0 spiro atoms. The van der Waals surface area contributed by atoms with Crippen LogP contribution in [0.15, 0.2) is 28.3 Å². The molecule has 0 atom stereocenters. The number of rotatable bonds is 2. The first-order valence-corrected chi connectivity index (χ1v) is 8.77. The zero-order valence-corrected chi connectivity index (χ0v) is 13.8. The third-order valence-corrected chi connectivity index (χ3v) is 5.33. The smallest absolute Gasteiger partial charge is 0.138 e. The molecule has 2 N–H and O–H groups in total. The molecule has 21 heavy (non-hydrogen) atoms. The van der Waals surface area contributed by atoms with Gasteiger partial charge in [0.25, 0.3) is 0 Å². The molecular weight excluding hydrogens is 348 g/mol. The summed E-state index contributed by atoms with van der Waals surface area (Å²) in [5, 5.41) is 7.82. The van der Waals surface area contributed by atoms with E-state index in [4.69, 9.17) is 4.98 Å². The number of nitrogens with zero attached hydrogens (tertiary/aromatic N) is 2. The summed E-state index contributed by atoms with van der Waals surface area (Å²) in [5.41, 5.74) is 3.30. The molecule has 4 heterocycles. The van der Waals surface area contributed by atoms with Crippen molar-refractivity contribution in [2.24, 2.45) is 0 Å². The first-order chi connectivity index (χ1) is 10.3. The molecule has 0 aliphatic carbocycles. The van der Waals surface area contributed by atoms with E-state index in [1.54, 1.807) is 11.3 Å². The maximum atomic E-state index is 4.88. The molecule has 3 aromatic heterocycles. The Labute approximate surface area is 135 Å². The lowest BCUT2D eigenvalue weighted by Gasteiger charge is -2.20. The lowest BCUT2D eigenvalue weighted by atomic mass is 9.95. The summed E-state index contributed by atoms with van der Waals surface area (Å²) in [7, 11) is 0. The van der Waals surface area contributed by atoms with Gasteiger partial charge in [-0.05, 0) is 47.9 Å². The highest BCUT2D eigenvalue weighted by Crippen LogP contribution is 2.34. The average Bonchev–Trinajstić information content (AvgIpc) is 3.14. The number of H-pyrrole nitrogens is 1. The Hall–Kier alpha value is -1.24. The van der Waals surface area contributed by atoms with Crippen LogP contribution in [-0.2, 0) is 0 Å². The molecule has 6 heteroatoms. The number of fused-ring (bicyclic) bond motifs is 1. The number of piperidine rings is 1. The highest BCUT2D eigenvalue weighted by Gasteiger charge is 2.19. The predicted octanol–water partition coefficient (Wildman–Crippen LogP) is 3.92. The Balaban J connectivity index is 1.72. The molecule has 0 amide bonds. The fraction of sp³-hybridized carbons (Fsp3) is 0.333. The summed E-state index contributed by atoms with van der Waals surface area (Å²) in [4.78, 5) is 12.5. The van der Waals surface area contributed by atoms with Gasteiger partial charge in [-0.15, -0.1) is 11.3 Å². The van der Waals surface area contributed by atoms with Crippen molar-refractivity contribution in [1.82, 2.24) is 20.3 Å². The van der Waals surface area contributed by atoms with E-state index in [1.807, 2.05) is 12.4 Å². The van der Waals surface area contributed by atoms with Crippen molar-refractivity contribution in [1.29, 1.82) is 0 Å². The van der Waals surface area contributed by atoms with Gasteiger partial charge in [0.1, 0.15) is 10.7 Å². The van der Waals surface area contributed by atoms with Crippen LogP contribution < -0.4 is 5.32 Å². The van der Waals surface area contributed by atoms with Crippen LogP contribution in [-0.4, -0.2) is 28.0 Å². The van der Waals surface area contributed by atoms with E-state index in [0.29, 0.717) is 5.92 Å². The van der Waals surface area contributed by atoms with Crippen LogP contribution in [0.4, 0.5) is 0 Å². The SMILES string of the molecule is Brc1cnc2[nH]cc(-c3nc(C4CCNCC4)cs3)c2c1. The summed E-state index contributed by atoms with van der Waals surface area (Å²) in [5.74, 6) is 0.603. The van der Waals surface area contributed by atoms with E-state index in [9.17, 15) is 0 Å². The van der Waals surface area contributed by atoms with Gasteiger partial charge in [-0.1, -0.05) is 0 Å². The van der Waals surface area contributed by atoms with Crippen molar-refractivity contribution < 1.29 is 0 Å². The fourth-order valence-electron chi connectivity index (χ4n) is 2.87. The zero-order chi connectivity index (χ0) is 14.2. The van der Waals surface area contributed by atoms with Crippen LogP contribution in [0.2, 0.25) is 0 Å². The molecule has 4 nitrogen and oxygen atoms in total. The molecule has 108 valence electrons. The largest absolute Gasteiger partial charge is 0.345 e. The Bertz CT molecular complexity index is 773. The number of pyridine rings is 1. The Morgan fingerprint density at radius 3 is 3.00 bits per heavy atom. The van der Waals surface area contributed by atoms with Crippen molar-refractivity contribution in [3.8, 4) is 10.6 Å². The summed E-state index contributed by atoms with van der Waals surface area (Å²) in [6, 6.07) is 2.10. The molecule has 1 saturated heterocycles. The number of hydrogen-bond donors (Lipinski definition) is 2. The highest BCUT2D eigenvalue weighted by molar-refractivity contribution is 9.10. The number of aromatic nitrogens is 3. The Morgan fingerprint density at radius 1 is 1.29 bits per heavy atom. The molecule has 0 unspecified atom stereocenters. The molecule has 4 rings (SSSR count). The van der Waals surface area contributed by atoms with Crippen LogP contribution in [0.1, 0.15) is 24.5 Å². The number of halogens is 1. The van der Waals surface area contributed by atoms with Crippen LogP contribution >= 0.6 is 27.3 Å². The van der Waals surface area contributed by atoms with Gasteiger partial charge in [-0.2, -0.15) is 0 Å². The van der Waals surface area contributed by atoms with E-state index < -0.39 is 0 Å². The Morgan fingerprint density at radius 2 is 2.14 bits per heavy atom. The first-order valence-electron chi connectivity index (χ1n) is 7.10. The third-order valence-electron chi connectivity index (χ3n) is 4.01. The van der Waals surface area contributed by atoms with Crippen molar-refractivity contribution in [3.05, 3.63) is 34.0 Å². The predicted molar refractivity (Wildman–Crippen MR) is 89.7 cm³/mol. The van der Waals surface area contributed by atoms with Gasteiger partial charge in [0.15, 0.2) is 0 Å². The van der Waals surface area contributed by atoms with E-state index in [0.717, 1.165) is 39.2 Å². The van der Waals surface area contributed by atoms with Gasteiger partial charge in [0.2, 0.25) is 0 Å². The maximum absolute atomic E-state index is 4.88. The van der Waals surface area contributed by atoms with Crippen molar-refractivity contribution in [2.75, 3.05) is 13.1 Å². The minimum atomic E-state index is 0.603. The van der Waals surface area contributed by atoms with E-state index in [-0.39, 0.29) is 0 Å². The number of aromatic amines is 1. The Kier molecular flexibility index (Phi) is 3.52. The molecular formula is C15H15BrN4S. The monoisotopic (exact) mass is 362 g/mol. The molecule has 1 aliphatic heterocycles. The normalized spacial score (nSPS) is 16.6. The summed E-state index contributed by atoms with van der Waals surface area (Å²) in [6.45, 7) is 2.20. The van der Waals surface area contributed by atoms with Gasteiger partial charge in [0.05, 0.1) is 5.69 Å². The van der Waals surface area contributed by atoms with Crippen LogP contribution in [0.25, 0.3) is 21.6 Å². The van der Waals surface area contributed by atoms with Gasteiger partial charge in [-0.3, -0.25) is 0 Å². The van der Waals surface area contributed by atoms with Gasteiger partial charge in [-0.25, -0.2) is 9.97 Å². The quantitative estimate of drug-likeness (QED) is 0.726. The van der Waals surface area contributed by atoms with E-state index >= 15 is 0 Å². The van der Waals surface area contributed by atoms with Gasteiger partial charge in [0, 0.05) is 39.1 Å².